The van der Waals surface area contributed by atoms with E-state index < -0.39 is 10.0 Å². The van der Waals surface area contributed by atoms with E-state index in [2.05, 4.69) is 5.32 Å². The number of carbonyl (C=O) groups is 1. The van der Waals surface area contributed by atoms with Crippen molar-refractivity contribution in [2.24, 2.45) is 0 Å². The van der Waals surface area contributed by atoms with Gasteiger partial charge >= 0.3 is 0 Å². The number of benzene rings is 2. The molecule has 0 aromatic heterocycles. The minimum absolute atomic E-state index is 0.130. The lowest BCUT2D eigenvalue weighted by Gasteiger charge is -2.16. The highest BCUT2D eigenvalue weighted by Gasteiger charge is 2.26. The molecule has 1 heterocycles. The smallest absolute Gasteiger partial charge is 0.258 e. The van der Waals surface area contributed by atoms with Gasteiger partial charge in [-0.1, -0.05) is 12.1 Å². The van der Waals surface area contributed by atoms with E-state index in [0.29, 0.717) is 18.8 Å². The van der Waals surface area contributed by atoms with Gasteiger partial charge in [0.25, 0.3) is 5.91 Å². The summed E-state index contributed by atoms with van der Waals surface area (Å²) in [5, 5.41) is 2.90. The van der Waals surface area contributed by atoms with Crippen molar-refractivity contribution in [3.63, 3.8) is 0 Å². The third-order valence-electron chi connectivity index (χ3n) is 4.89. The summed E-state index contributed by atoms with van der Waals surface area (Å²) < 4.78 is 32.1. The molecular formula is C21H26N2O4S2. The first-order chi connectivity index (χ1) is 13.9. The molecule has 0 bridgehead atoms. The number of nitrogens with one attached hydrogen (secondary N) is 1. The standard InChI is InChI=1S/C21H26N2O4S2/c1-16(17-5-9-19(28-2)10-6-17)22-21(24)15-27-18-7-11-20(12-8-18)29(25,26)23-13-3-4-14-23/h5-12,16H,3-4,13-15H2,1-2H3,(H,22,24)/t16-/m1/s1. The molecule has 1 atom stereocenters. The van der Waals surface area contributed by atoms with E-state index in [1.54, 1.807) is 23.9 Å². The van der Waals surface area contributed by atoms with Gasteiger partial charge in [0.15, 0.2) is 6.61 Å². The Balaban J connectivity index is 1.52. The highest BCUT2D eigenvalue weighted by atomic mass is 32.2. The van der Waals surface area contributed by atoms with Gasteiger partial charge in [0, 0.05) is 18.0 Å². The first-order valence-corrected chi connectivity index (χ1v) is 12.2. The molecule has 1 aliphatic heterocycles. The van der Waals surface area contributed by atoms with E-state index in [9.17, 15) is 13.2 Å². The number of nitrogens with zero attached hydrogens (tertiary/aromatic N) is 1. The van der Waals surface area contributed by atoms with Crippen molar-refractivity contribution in [1.29, 1.82) is 0 Å². The fourth-order valence-corrected chi connectivity index (χ4v) is 5.12. The monoisotopic (exact) mass is 434 g/mol. The number of rotatable bonds is 8. The number of amides is 1. The first-order valence-electron chi connectivity index (χ1n) is 9.56. The van der Waals surface area contributed by atoms with Gasteiger partial charge in [-0.05, 0) is 68.0 Å². The van der Waals surface area contributed by atoms with E-state index in [1.165, 1.54) is 21.3 Å². The van der Waals surface area contributed by atoms with Crippen molar-refractivity contribution >= 4 is 27.7 Å². The number of hydrogen-bond donors (Lipinski definition) is 1. The van der Waals surface area contributed by atoms with Gasteiger partial charge in [0.2, 0.25) is 10.0 Å². The molecule has 1 N–H and O–H groups in total. The number of hydrogen-bond acceptors (Lipinski definition) is 5. The van der Waals surface area contributed by atoms with Gasteiger partial charge in [-0.3, -0.25) is 4.79 Å². The minimum Gasteiger partial charge on any atom is -0.484 e. The Hall–Kier alpha value is -2.03. The number of carbonyl (C=O) groups excluding carboxylic acids is 1. The molecule has 1 aliphatic rings. The van der Waals surface area contributed by atoms with E-state index >= 15 is 0 Å². The largest absolute Gasteiger partial charge is 0.484 e. The summed E-state index contributed by atoms with van der Waals surface area (Å²) in [6.45, 7) is 2.92. The van der Waals surface area contributed by atoms with Crippen LogP contribution >= 0.6 is 11.8 Å². The normalized spacial score (nSPS) is 15.8. The predicted octanol–water partition coefficient (Wildman–Crippen LogP) is 3.45. The summed E-state index contributed by atoms with van der Waals surface area (Å²) >= 11 is 1.67. The average molecular weight is 435 g/mol. The molecule has 0 radical (unpaired) electrons. The third-order valence-corrected chi connectivity index (χ3v) is 7.55. The average Bonchev–Trinajstić information content (AvgIpc) is 3.28. The Morgan fingerprint density at radius 1 is 1.10 bits per heavy atom. The number of ether oxygens (including phenoxy) is 1. The second-order valence-corrected chi connectivity index (χ2v) is 9.75. The van der Waals surface area contributed by atoms with Gasteiger partial charge in [0.1, 0.15) is 5.75 Å². The highest BCUT2D eigenvalue weighted by Crippen LogP contribution is 2.23. The Kier molecular flexibility index (Phi) is 7.21. The molecular weight excluding hydrogens is 408 g/mol. The van der Waals surface area contributed by atoms with Crippen LogP contribution in [0.2, 0.25) is 0 Å². The van der Waals surface area contributed by atoms with Crippen molar-refractivity contribution in [2.45, 2.75) is 35.6 Å². The molecule has 6 nitrogen and oxygen atoms in total. The van der Waals surface area contributed by atoms with Gasteiger partial charge in [0.05, 0.1) is 10.9 Å². The zero-order valence-corrected chi connectivity index (χ0v) is 18.3. The Morgan fingerprint density at radius 2 is 1.72 bits per heavy atom. The Bertz CT molecular complexity index is 922. The molecule has 3 rings (SSSR count). The zero-order valence-electron chi connectivity index (χ0n) is 16.6. The van der Waals surface area contributed by atoms with Crippen LogP contribution in [0.3, 0.4) is 0 Å². The van der Waals surface area contributed by atoms with Crippen LogP contribution < -0.4 is 10.1 Å². The molecule has 2 aromatic rings. The molecule has 1 fully saturated rings. The maximum Gasteiger partial charge on any atom is 0.258 e. The summed E-state index contributed by atoms with van der Waals surface area (Å²) in [5.41, 5.74) is 1.02. The van der Waals surface area contributed by atoms with Crippen LogP contribution in [0, 0.1) is 0 Å². The topological polar surface area (TPSA) is 75.7 Å². The summed E-state index contributed by atoms with van der Waals surface area (Å²) in [6.07, 6.45) is 3.82. The van der Waals surface area contributed by atoms with E-state index in [4.69, 9.17) is 4.74 Å². The van der Waals surface area contributed by atoms with Crippen LogP contribution in [0.15, 0.2) is 58.3 Å². The highest BCUT2D eigenvalue weighted by molar-refractivity contribution is 7.98. The molecule has 156 valence electrons. The predicted molar refractivity (Wildman–Crippen MR) is 115 cm³/mol. The van der Waals surface area contributed by atoms with Crippen molar-refractivity contribution < 1.29 is 17.9 Å². The molecule has 0 saturated carbocycles. The van der Waals surface area contributed by atoms with Crippen molar-refractivity contribution in [3.8, 4) is 5.75 Å². The molecule has 1 amide bonds. The minimum atomic E-state index is -3.44. The maximum atomic E-state index is 12.5. The van der Waals surface area contributed by atoms with Crippen LogP contribution in [0.1, 0.15) is 31.4 Å². The van der Waals surface area contributed by atoms with Gasteiger partial charge in [-0.2, -0.15) is 4.31 Å². The van der Waals surface area contributed by atoms with E-state index in [1.807, 2.05) is 37.4 Å². The SMILES string of the molecule is CSc1ccc([C@@H](C)NC(=O)COc2ccc(S(=O)(=O)N3CCCC3)cc2)cc1. The van der Waals surface area contributed by atoms with Crippen molar-refractivity contribution in [2.75, 3.05) is 26.0 Å². The van der Waals surface area contributed by atoms with Gasteiger partial charge < -0.3 is 10.1 Å². The molecule has 0 spiro atoms. The van der Waals surface area contributed by atoms with Crippen molar-refractivity contribution in [3.05, 3.63) is 54.1 Å². The molecule has 1 saturated heterocycles. The van der Waals surface area contributed by atoms with E-state index in [0.717, 1.165) is 18.4 Å². The van der Waals surface area contributed by atoms with E-state index in [-0.39, 0.29) is 23.5 Å². The van der Waals surface area contributed by atoms with Crippen LogP contribution in [-0.4, -0.2) is 44.6 Å². The van der Waals surface area contributed by atoms with Crippen LogP contribution in [-0.2, 0) is 14.8 Å². The van der Waals surface area contributed by atoms with Crippen LogP contribution in [0.5, 0.6) is 5.75 Å². The van der Waals surface area contributed by atoms with Crippen molar-refractivity contribution in [1.82, 2.24) is 9.62 Å². The molecule has 2 aromatic carbocycles. The summed E-state index contributed by atoms with van der Waals surface area (Å²) in [7, 11) is -3.44. The Morgan fingerprint density at radius 3 is 2.31 bits per heavy atom. The molecule has 0 unspecified atom stereocenters. The molecule has 0 aliphatic carbocycles. The lowest BCUT2D eigenvalue weighted by Crippen LogP contribution is -2.31. The van der Waals surface area contributed by atoms with Gasteiger partial charge in [-0.25, -0.2) is 8.42 Å². The zero-order chi connectivity index (χ0) is 20.9. The third kappa shape index (κ3) is 5.52. The first kappa shape index (κ1) is 21.7. The molecule has 8 heteroatoms. The van der Waals surface area contributed by atoms with Crippen LogP contribution in [0.25, 0.3) is 0 Å². The van der Waals surface area contributed by atoms with Crippen LogP contribution in [0.4, 0.5) is 0 Å². The quantitative estimate of drug-likeness (QED) is 0.644. The lowest BCUT2D eigenvalue weighted by atomic mass is 10.1. The second kappa shape index (κ2) is 9.65. The second-order valence-electron chi connectivity index (χ2n) is 6.93. The number of sulfonamides is 1. The summed E-state index contributed by atoms with van der Waals surface area (Å²) in [6, 6.07) is 14.1. The summed E-state index contributed by atoms with van der Waals surface area (Å²) in [4.78, 5) is 13.6. The number of thioether (sulfide) groups is 1. The fourth-order valence-electron chi connectivity index (χ4n) is 3.19. The fraction of sp³-hybridized carbons (Fsp3) is 0.381. The maximum absolute atomic E-state index is 12.5. The van der Waals surface area contributed by atoms with Gasteiger partial charge in [-0.15, -0.1) is 11.8 Å². The lowest BCUT2D eigenvalue weighted by molar-refractivity contribution is -0.123. The summed E-state index contributed by atoms with van der Waals surface area (Å²) in [5.74, 6) is 0.220. The Labute approximate surface area is 176 Å². The molecule has 29 heavy (non-hydrogen) atoms.